The molecule has 17 heavy (non-hydrogen) atoms. The molecule has 1 aromatic heterocycles. The first kappa shape index (κ1) is 14.1. The number of nitrogens with zero attached hydrogens (tertiary/aromatic N) is 2. The van der Waals surface area contributed by atoms with Crippen LogP contribution in [-0.4, -0.2) is 30.3 Å². The van der Waals surface area contributed by atoms with Crippen LogP contribution in [-0.2, 0) is 17.1 Å². The van der Waals surface area contributed by atoms with Crippen LogP contribution in [0.3, 0.4) is 0 Å². The quantitative estimate of drug-likeness (QED) is 0.765. The van der Waals surface area contributed by atoms with Crippen LogP contribution in [0.2, 0.25) is 0 Å². The summed E-state index contributed by atoms with van der Waals surface area (Å²) in [5.74, 6) is 0. The molecule has 0 radical (unpaired) electrons. The van der Waals surface area contributed by atoms with E-state index in [-0.39, 0.29) is 11.4 Å². The fourth-order valence-electron chi connectivity index (χ4n) is 1.36. The van der Waals surface area contributed by atoms with Gasteiger partial charge in [0.1, 0.15) is 4.90 Å². The number of aromatic nitrogens is 2. The summed E-state index contributed by atoms with van der Waals surface area (Å²) < 4.78 is 27.8. The predicted octanol–water partition coefficient (Wildman–Crippen LogP) is 0.216. The van der Waals surface area contributed by atoms with Gasteiger partial charge in [0.25, 0.3) is 0 Å². The van der Waals surface area contributed by atoms with Crippen LogP contribution in [0.5, 0.6) is 0 Å². The fourth-order valence-corrected chi connectivity index (χ4v) is 2.48. The number of nitrogens with one attached hydrogen (secondary N) is 1. The largest absolute Gasteiger partial charge is 0.324 e. The molecule has 0 spiro atoms. The van der Waals surface area contributed by atoms with Crippen LogP contribution in [0.4, 0.5) is 0 Å². The van der Waals surface area contributed by atoms with Crippen LogP contribution in [0, 0.1) is 0 Å². The first-order valence-electron chi connectivity index (χ1n) is 5.60. The Labute approximate surface area is 102 Å². The molecule has 0 atom stereocenters. The molecule has 0 saturated heterocycles. The van der Waals surface area contributed by atoms with E-state index in [2.05, 4.69) is 9.82 Å². The molecule has 1 aromatic rings. The van der Waals surface area contributed by atoms with E-state index in [1.807, 2.05) is 13.8 Å². The Balaban J connectivity index is 2.75. The zero-order valence-electron chi connectivity index (χ0n) is 10.5. The van der Waals surface area contributed by atoms with Crippen molar-refractivity contribution in [1.82, 2.24) is 14.5 Å². The van der Waals surface area contributed by atoms with Gasteiger partial charge in [-0.3, -0.25) is 4.68 Å². The third-order valence-corrected chi connectivity index (χ3v) is 4.37. The Morgan fingerprint density at radius 3 is 2.47 bits per heavy atom. The first-order valence-corrected chi connectivity index (χ1v) is 7.08. The number of nitrogens with two attached hydrogens (primary N) is 1. The highest BCUT2D eigenvalue weighted by Crippen LogP contribution is 2.12. The van der Waals surface area contributed by atoms with Gasteiger partial charge in [-0.05, 0) is 12.8 Å². The van der Waals surface area contributed by atoms with Crippen molar-refractivity contribution in [3.8, 4) is 0 Å². The van der Waals surface area contributed by atoms with Gasteiger partial charge in [0, 0.05) is 25.3 Å². The summed E-state index contributed by atoms with van der Waals surface area (Å²) in [7, 11) is -1.84. The van der Waals surface area contributed by atoms with Crippen molar-refractivity contribution in [3.63, 3.8) is 0 Å². The van der Waals surface area contributed by atoms with Gasteiger partial charge in [-0.15, -0.1) is 0 Å². The summed E-state index contributed by atoms with van der Waals surface area (Å²) in [4.78, 5) is 0.162. The van der Waals surface area contributed by atoms with E-state index in [4.69, 9.17) is 5.73 Å². The molecule has 0 fully saturated rings. The molecule has 0 bridgehead atoms. The van der Waals surface area contributed by atoms with E-state index < -0.39 is 15.6 Å². The van der Waals surface area contributed by atoms with E-state index in [0.717, 1.165) is 12.8 Å². The molecule has 1 rings (SSSR count). The summed E-state index contributed by atoms with van der Waals surface area (Å²) in [6, 6.07) is 0. The maximum atomic E-state index is 11.9. The van der Waals surface area contributed by atoms with Crippen molar-refractivity contribution >= 4 is 10.0 Å². The number of rotatable bonds is 6. The highest BCUT2D eigenvalue weighted by Gasteiger charge is 2.24. The van der Waals surface area contributed by atoms with Crippen molar-refractivity contribution in [1.29, 1.82) is 0 Å². The van der Waals surface area contributed by atoms with Gasteiger partial charge in [0.15, 0.2) is 0 Å². The van der Waals surface area contributed by atoms with E-state index in [1.165, 1.54) is 17.1 Å². The summed E-state index contributed by atoms with van der Waals surface area (Å²) in [5, 5.41) is 3.83. The second kappa shape index (κ2) is 5.16. The second-order valence-electron chi connectivity index (χ2n) is 4.24. The molecule has 0 aliphatic heterocycles. The Hall–Kier alpha value is -0.920. The van der Waals surface area contributed by atoms with Crippen LogP contribution in [0.25, 0.3) is 0 Å². The molecular weight excluding hydrogens is 240 g/mol. The first-order chi connectivity index (χ1) is 7.83. The minimum atomic E-state index is -3.51. The molecule has 3 N–H and O–H groups in total. The standard InChI is InChI=1S/C10H20N4O2S/c1-4-10(11,5-2)8-13-17(15,16)9-6-12-14(3)7-9/h6-7,13H,4-5,8,11H2,1-3H3. The number of hydrogen-bond donors (Lipinski definition) is 2. The molecule has 0 amide bonds. The number of aryl methyl sites for hydroxylation is 1. The van der Waals surface area contributed by atoms with E-state index in [0.29, 0.717) is 0 Å². The summed E-state index contributed by atoms with van der Waals surface area (Å²) >= 11 is 0. The Bertz CT molecular complexity index is 462. The molecule has 7 heteroatoms. The molecule has 6 nitrogen and oxygen atoms in total. The SMILES string of the molecule is CCC(N)(CC)CNS(=O)(=O)c1cnn(C)c1. The average molecular weight is 260 g/mol. The van der Waals surface area contributed by atoms with Gasteiger partial charge < -0.3 is 5.73 Å². The van der Waals surface area contributed by atoms with Crippen molar-refractivity contribution in [2.24, 2.45) is 12.8 Å². The average Bonchev–Trinajstić information content (AvgIpc) is 2.74. The normalized spacial score (nSPS) is 12.9. The van der Waals surface area contributed by atoms with Crippen molar-refractivity contribution in [2.75, 3.05) is 6.54 Å². The third kappa shape index (κ3) is 3.52. The summed E-state index contributed by atoms with van der Waals surface area (Å²) in [6.45, 7) is 4.13. The number of hydrogen-bond acceptors (Lipinski definition) is 4. The van der Waals surface area contributed by atoms with Crippen molar-refractivity contribution in [2.45, 2.75) is 37.1 Å². The highest BCUT2D eigenvalue weighted by molar-refractivity contribution is 7.89. The van der Waals surface area contributed by atoms with Gasteiger partial charge in [-0.2, -0.15) is 5.10 Å². The van der Waals surface area contributed by atoms with Crippen LogP contribution in [0.15, 0.2) is 17.3 Å². The molecule has 1 heterocycles. The molecular formula is C10H20N4O2S. The van der Waals surface area contributed by atoms with Gasteiger partial charge in [0.2, 0.25) is 10.0 Å². The monoisotopic (exact) mass is 260 g/mol. The van der Waals surface area contributed by atoms with Crippen LogP contribution in [0.1, 0.15) is 26.7 Å². The molecule has 0 aliphatic carbocycles. The lowest BCUT2D eigenvalue weighted by Crippen LogP contribution is -2.49. The van der Waals surface area contributed by atoms with Gasteiger partial charge >= 0.3 is 0 Å². The molecule has 98 valence electrons. The minimum Gasteiger partial charge on any atom is -0.324 e. The van der Waals surface area contributed by atoms with Crippen molar-refractivity contribution < 1.29 is 8.42 Å². The summed E-state index contributed by atoms with van der Waals surface area (Å²) in [5.41, 5.74) is 5.55. The topological polar surface area (TPSA) is 90.0 Å². The third-order valence-electron chi connectivity index (χ3n) is 3.01. The molecule has 0 aromatic carbocycles. The van der Waals surface area contributed by atoms with Gasteiger partial charge in [0.05, 0.1) is 6.20 Å². The zero-order chi connectivity index (χ0) is 13.1. The molecule has 0 aliphatic rings. The van der Waals surface area contributed by atoms with E-state index in [1.54, 1.807) is 7.05 Å². The van der Waals surface area contributed by atoms with Gasteiger partial charge in [-0.25, -0.2) is 13.1 Å². The van der Waals surface area contributed by atoms with Crippen LogP contribution >= 0.6 is 0 Å². The predicted molar refractivity (Wildman–Crippen MR) is 65.9 cm³/mol. The lowest BCUT2D eigenvalue weighted by atomic mass is 9.95. The Morgan fingerprint density at radius 2 is 2.06 bits per heavy atom. The van der Waals surface area contributed by atoms with Gasteiger partial charge in [-0.1, -0.05) is 13.8 Å². The summed E-state index contributed by atoms with van der Waals surface area (Å²) in [6.07, 6.45) is 4.22. The lowest BCUT2D eigenvalue weighted by Gasteiger charge is -2.26. The lowest BCUT2D eigenvalue weighted by molar-refractivity contribution is 0.392. The Morgan fingerprint density at radius 1 is 1.47 bits per heavy atom. The smallest absolute Gasteiger partial charge is 0.243 e. The Kier molecular flexibility index (Phi) is 4.29. The number of sulfonamides is 1. The highest BCUT2D eigenvalue weighted by atomic mass is 32.2. The van der Waals surface area contributed by atoms with Crippen molar-refractivity contribution in [3.05, 3.63) is 12.4 Å². The molecule has 0 unspecified atom stereocenters. The fraction of sp³-hybridized carbons (Fsp3) is 0.700. The van der Waals surface area contributed by atoms with Crippen LogP contribution < -0.4 is 10.5 Å². The van der Waals surface area contributed by atoms with E-state index in [9.17, 15) is 8.42 Å². The van der Waals surface area contributed by atoms with E-state index >= 15 is 0 Å². The minimum absolute atomic E-state index is 0.162. The maximum Gasteiger partial charge on any atom is 0.243 e. The zero-order valence-corrected chi connectivity index (χ0v) is 11.3. The second-order valence-corrected chi connectivity index (χ2v) is 6.01. The maximum absolute atomic E-state index is 11.9. The molecule has 0 saturated carbocycles.